The van der Waals surface area contributed by atoms with Gasteiger partial charge in [0.1, 0.15) is 0 Å². The Balaban J connectivity index is -0.0000000575. The van der Waals surface area contributed by atoms with E-state index in [2.05, 4.69) is 0 Å². The van der Waals surface area contributed by atoms with E-state index < -0.39 is 29.4 Å². The van der Waals surface area contributed by atoms with Crippen molar-refractivity contribution in [3.05, 3.63) is 0 Å². The fraction of sp³-hybridized carbons (Fsp3) is 0. The summed E-state index contributed by atoms with van der Waals surface area (Å²) in [7, 11) is 0. The Morgan fingerprint density at radius 1 is 1.25 bits per heavy atom. The Hall–Kier alpha value is 1.01. The molecule has 0 radical (unpaired) electrons. The second-order valence-corrected chi connectivity index (χ2v) is 0.776. The predicted molar refractivity (Wildman–Crippen MR) is 20.6 cm³/mol. The van der Waals surface area contributed by atoms with E-state index in [1.807, 2.05) is 0 Å². The molecule has 0 saturated carbocycles. The summed E-state index contributed by atoms with van der Waals surface area (Å²) in [4.78, 5) is 8.56. The van der Waals surface area contributed by atoms with Crippen LogP contribution in [0, 0.1) is 0 Å². The molecule has 2 N–H and O–H groups in total. The van der Waals surface area contributed by atoms with Gasteiger partial charge in [0.15, 0.2) is 0 Å². The van der Waals surface area contributed by atoms with Gasteiger partial charge in [0, 0.05) is 0 Å². The van der Waals surface area contributed by atoms with Crippen LogP contribution >= 0.6 is 0 Å². The zero-order chi connectivity index (χ0) is 6.28. The van der Waals surface area contributed by atoms with Crippen LogP contribution in [0.5, 0.6) is 0 Å². The first-order chi connectivity index (χ1) is 3.15. The molecule has 5 nitrogen and oxygen atoms in total. The minimum atomic E-state index is -2.27. The molecule has 0 amide bonds. The third-order valence-corrected chi connectivity index (χ3v) is 0. The van der Waals surface area contributed by atoms with Crippen molar-refractivity contribution in [3.63, 3.8) is 0 Å². The molecule has 0 aliphatic carbocycles. The molecule has 0 aliphatic heterocycles. The van der Waals surface area contributed by atoms with Crippen molar-refractivity contribution in [2.75, 3.05) is 0 Å². The Morgan fingerprint density at radius 2 is 1.25 bits per heavy atom. The molecule has 0 heterocycles. The third kappa shape index (κ3) is 247. The van der Waals surface area contributed by atoms with E-state index in [0.29, 0.717) is 0 Å². The topological polar surface area (TPSA) is 91.7 Å². The van der Waals surface area contributed by atoms with Crippen LogP contribution in [0.25, 0.3) is 0 Å². The molecular weight excluding hydrogens is 223 g/mol. The van der Waals surface area contributed by atoms with Gasteiger partial charge in [0.25, 0.3) is 0 Å². The first-order valence-corrected chi connectivity index (χ1v) is 3.07. The van der Waals surface area contributed by atoms with Crippen molar-refractivity contribution < 1.29 is 43.9 Å². The molecule has 0 aromatic heterocycles. The molecular formula is CH4CaO5Zr. The predicted octanol–water partition coefficient (Wildman–Crippen LogP) is -0.934. The maximum absolute atomic E-state index is 8.56. The van der Waals surface area contributed by atoms with Crippen molar-refractivity contribution >= 4 is 43.9 Å². The van der Waals surface area contributed by atoms with Crippen molar-refractivity contribution in [2.45, 2.75) is 0 Å². The Kier molecular flexibility index (Phi) is 31.4. The van der Waals surface area contributed by atoms with Crippen LogP contribution in [0.2, 0.25) is 0 Å². The van der Waals surface area contributed by atoms with Gasteiger partial charge in [-0.3, -0.25) is 0 Å². The van der Waals surface area contributed by atoms with Gasteiger partial charge >= 0.3 is 72.8 Å². The summed E-state index contributed by atoms with van der Waals surface area (Å²) in [6.45, 7) is 0. The number of hydrogen-bond acceptors (Lipinski definition) is 3. The number of carbonyl (C=O) groups is 1. The van der Waals surface area contributed by atoms with E-state index in [9.17, 15) is 0 Å². The SMILES string of the molecule is O=C(O)O.[CaH2].[O]=[Zr]=[O]. The van der Waals surface area contributed by atoms with Gasteiger partial charge in [0.05, 0.1) is 0 Å². The summed E-state index contributed by atoms with van der Waals surface area (Å²) in [5.41, 5.74) is 0. The fourth-order valence-corrected chi connectivity index (χ4v) is 0. The molecule has 0 rings (SSSR count). The standard InChI is InChI=1S/CH2O3.Ca.2O.Zr.2H/c2-1(3)4;;;;;;/h(H2,2,3,4);;;;;;. The molecule has 0 saturated heterocycles. The van der Waals surface area contributed by atoms with Crippen LogP contribution in [-0.2, 0) is 28.9 Å². The molecule has 44 valence electrons. The van der Waals surface area contributed by atoms with Crippen LogP contribution in [0.15, 0.2) is 0 Å². The average Bonchev–Trinajstić information content (AvgIpc) is 1.33. The second-order valence-electron chi connectivity index (χ2n) is 0.366. The number of rotatable bonds is 0. The van der Waals surface area contributed by atoms with Crippen molar-refractivity contribution in [3.8, 4) is 0 Å². The molecule has 0 atom stereocenters. The molecule has 0 bridgehead atoms. The molecule has 0 fully saturated rings. The van der Waals surface area contributed by atoms with Gasteiger partial charge in [-0.25, -0.2) is 4.79 Å². The van der Waals surface area contributed by atoms with Crippen LogP contribution in [0.4, 0.5) is 4.79 Å². The van der Waals surface area contributed by atoms with E-state index in [-0.39, 0.29) is 37.7 Å². The zero-order valence-electron chi connectivity index (χ0n) is 3.12. The van der Waals surface area contributed by atoms with E-state index in [1.165, 1.54) is 0 Å². The van der Waals surface area contributed by atoms with Gasteiger partial charge in [-0.2, -0.15) is 0 Å². The van der Waals surface area contributed by atoms with Crippen LogP contribution < -0.4 is 0 Å². The zero-order valence-corrected chi connectivity index (χ0v) is 5.58. The van der Waals surface area contributed by atoms with Gasteiger partial charge in [-0.15, -0.1) is 0 Å². The average molecular weight is 227 g/mol. The van der Waals surface area contributed by atoms with E-state index >= 15 is 0 Å². The van der Waals surface area contributed by atoms with E-state index in [0.717, 1.165) is 0 Å². The Bertz CT molecular complexity index is 80.4. The molecule has 0 unspecified atom stereocenters. The van der Waals surface area contributed by atoms with Gasteiger partial charge in [-0.05, 0) is 0 Å². The number of carboxylic acid groups (broad SMARTS) is 2. The quantitative estimate of drug-likeness (QED) is 0.521. The van der Waals surface area contributed by atoms with Crippen molar-refractivity contribution in [2.24, 2.45) is 0 Å². The molecule has 0 spiro atoms. The summed E-state index contributed by atoms with van der Waals surface area (Å²) < 4.78 is 17.1. The van der Waals surface area contributed by atoms with Crippen LogP contribution in [0.1, 0.15) is 0 Å². The summed E-state index contributed by atoms with van der Waals surface area (Å²) >= 11 is -2.27. The normalized spacial score (nSPS) is 4.00. The third-order valence-electron chi connectivity index (χ3n) is 0. The Labute approximate surface area is 86.5 Å². The van der Waals surface area contributed by atoms with Gasteiger partial charge in [0.2, 0.25) is 0 Å². The summed E-state index contributed by atoms with van der Waals surface area (Å²) in [5, 5.41) is 13.9. The molecule has 7 heteroatoms. The van der Waals surface area contributed by atoms with Gasteiger partial charge in [-0.1, -0.05) is 0 Å². The molecule has 0 aromatic carbocycles. The maximum atomic E-state index is 8.56. The fourth-order valence-electron chi connectivity index (χ4n) is 0. The minimum absolute atomic E-state index is 0. The molecule has 0 aliphatic rings. The summed E-state index contributed by atoms with van der Waals surface area (Å²) in [6, 6.07) is 0. The number of hydrogen-bond donors (Lipinski definition) is 2. The summed E-state index contributed by atoms with van der Waals surface area (Å²) in [5.74, 6) is 0. The first-order valence-electron chi connectivity index (χ1n) is 1.06. The van der Waals surface area contributed by atoms with Gasteiger partial charge < -0.3 is 10.2 Å². The van der Waals surface area contributed by atoms with E-state index in [4.69, 9.17) is 20.6 Å². The second kappa shape index (κ2) is 15.7. The monoisotopic (exact) mass is 226 g/mol. The van der Waals surface area contributed by atoms with Crippen molar-refractivity contribution in [1.29, 1.82) is 0 Å². The molecule has 0 aromatic rings. The summed E-state index contributed by atoms with van der Waals surface area (Å²) in [6.07, 6.45) is -1.83. The van der Waals surface area contributed by atoms with E-state index in [1.54, 1.807) is 0 Å². The van der Waals surface area contributed by atoms with Crippen LogP contribution in [0.3, 0.4) is 0 Å². The Morgan fingerprint density at radius 3 is 1.25 bits per heavy atom. The first kappa shape index (κ1) is 16.0. The van der Waals surface area contributed by atoms with Crippen molar-refractivity contribution in [1.82, 2.24) is 0 Å². The molecule has 8 heavy (non-hydrogen) atoms. The van der Waals surface area contributed by atoms with Crippen LogP contribution in [-0.4, -0.2) is 54.1 Å².